The largest absolute Gasteiger partial charge is 0.379 e. The lowest BCUT2D eigenvalue weighted by atomic mass is 10.0. The zero-order valence-electron chi connectivity index (χ0n) is 20.2. The first-order valence-corrected chi connectivity index (χ1v) is 11.6. The van der Waals surface area contributed by atoms with Crippen molar-refractivity contribution < 1.29 is 9.53 Å². The summed E-state index contributed by atoms with van der Waals surface area (Å²) in [5.41, 5.74) is 1.14. The minimum absolute atomic E-state index is 0. The van der Waals surface area contributed by atoms with Crippen LogP contribution in [-0.2, 0) is 16.1 Å². The Morgan fingerprint density at radius 2 is 1.88 bits per heavy atom. The molecule has 0 saturated carbocycles. The number of ether oxygens (including phenoxy) is 1. The molecule has 2 rings (SSSR count). The molecule has 1 aliphatic heterocycles. The van der Waals surface area contributed by atoms with Gasteiger partial charge in [0.25, 0.3) is 0 Å². The number of nitrogens with zero attached hydrogens (tertiary/aromatic N) is 3. The highest BCUT2D eigenvalue weighted by Crippen LogP contribution is 2.14. The third-order valence-corrected chi connectivity index (χ3v) is 5.43. The highest BCUT2D eigenvalue weighted by molar-refractivity contribution is 14.0. The summed E-state index contributed by atoms with van der Waals surface area (Å²) in [6.07, 6.45) is 1.55. The van der Waals surface area contributed by atoms with Gasteiger partial charge >= 0.3 is 0 Å². The number of hydrogen-bond acceptors (Lipinski definition) is 4. The SMILES string of the molecule is CCNC(=NCC(CC(C)C)N1CCOCC1)NCCC(=O)N(C)Cc1ccccc1.I. The summed E-state index contributed by atoms with van der Waals surface area (Å²) in [4.78, 5) is 21.6. The van der Waals surface area contributed by atoms with Crippen molar-refractivity contribution in [3.8, 4) is 0 Å². The molecule has 1 atom stereocenters. The molecule has 1 aromatic rings. The quantitative estimate of drug-likeness (QED) is 0.248. The molecule has 1 amide bonds. The van der Waals surface area contributed by atoms with Gasteiger partial charge in [-0.05, 0) is 24.8 Å². The van der Waals surface area contributed by atoms with Crippen molar-refractivity contribution in [3.05, 3.63) is 35.9 Å². The van der Waals surface area contributed by atoms with Gasteiger partial charge in [-0.15, -0.1) is 24.0 Å². The first kappa shape index (κ1) is 28.6. The van der Waals surface area contributed by atoms with E-state index < -0.39 is 0 Å². The van der Waals surface area contributed by atoms with E-state index in [-0.39, 0.29) is 29.9 Å². The molecule has 0 aromatic heterocycles. The maximum atomic E-state index is 12.5. The maximum Gasteiger partial charge on any atom is 0.224 e. The van der Waals surface area contributed by atoms with Gasteiger partial charge in [-0.25, -0.2) is 0 Å². The Morgan fingerprint density at radius 3 is 2.50 bits per heavy atom. The van der Waals surface area contributed by atoms with Crippen molar-refractivity contribution in [2.45, 2.75) is 46.2 Å². The topological polar surface area (TPSA) is 69.2 Å². The lowest BCUT2D eigenvalue weighted by Gasteiger charge is -2.34. The fourth-order valence-corrected chi connectivity index (χ4v) is 3.79. The van der Waals surface area contributed by atoms with Gasteiger partial charge in [0.05, 0.1) is 19.8 Å². The number of amides is 1. The van der Waals surface area contributed by atoms with E-state index >= 15 is 0 Å². The molecule has 32 heavy (non-hydrogen) atoms. The van der Waals surface area contributed by atoms with Crippen molar-refractivity contribution in [1.29, 1.82) is 0 Å². The van der Waals surface area contributed by atoms with Gasteiger partial charge in [-0.2, -0.15) is 0 Å². The van der Waals surface area contributed by atoms with Crippen molar-refractivity contribution >= 4 is 35.8 Å². The van der Waals surface area contributed by atoms with Crippen LogP contribution in [0.5, 0.6) is 0 Å². The molecule has 1 heterocycles. The van der Waals surface area contributed by atoms with Crippen molar-refractivity contribution in [2.75, 3.05) is 53.0 Å². The van der Waals surface area contributed by atoms with Crippen molar-refractivity contribution in [1.82, 2.24) is 20.4 Å². The van der Waals surface area contributed by atoms with Gasteiger partial charge in [-0.1, -0.05) is 44.2 Å². The Labute approximate surface area is 211 Å². The van der Waals surface area contributed by atoms with Gasteiger partial charge in [0.2, 0.25) is 5.91 Å². The predicted octanol–water partition coefficient (Wildman–Crippen LogP) is 2.96. The lowest BCUT2D eigenvalue weighted by molar-refractivity contribution is -0.130. The fourth-order valence-electron chi connectivity index (χ4n) is 3.79. The average Bonchev–Trinajstić information content (AvgIpc) is 2.77. The molecule has 7 nitrogen and oxygen atoms in total. The van der Waals surface area contributed by atoms with Crippen LogP contribution in [0.3, 0.4) is 0 Å². The summed E-state index contributed by atoms with van der Waals surface area (Å²) in [6, 6.07) is 10.5. The number of morpholine rings is 1. The number of carbonyl (C=O) groups is 1. The number of rotatable bonds is 11. The van der Waals surface area contributed by atoms with Crippen LogP contribution in [-0.4, -0.2) is 80.7 Å². The summed E-state index contributed by atoms with van der Waals surface area (Å²) >= 11 is 0. The number of aliphatic imine (C=N–C) groups is 1. The van der Waals surface area contributed by atoms with Crippen LogP contribution in [0.15, 0.2) is 35.3 Å². The molecule has 182 valence electrons. The van der Waals surface area contributed by atoms with Crippen LogP contribution in [0.25, 0.3) is 0 Å². The molecule has 1 unspecified atom stereocenters. The Hall–Kier alpha value is -1.39. The summed E-state index contributed by atoms with van der Waals surface area (Å²) in [5, 5.41) is 6.64. The number of nitrogens with one attached hydrogen (secondary N) is 2. The Morgan fingerprint density at radius 1 is 1.19 bits per heavy atom. The highest BCUT2D eigenvalue weighted by Gasteiger charge is 2.21. The smallest absolute Gasteiger partial charge is 0.224 e. The van der Waals surface area contributed by atoms with Crippen molar-refractivity contribution in [3.63, 3.8) is 0 Å². The van der Waals surface area contributed by atoms with E-state index in [1.54, 1.807) is 4.90 Å². The fraction of sp³-hybridized carbons (Fsp3) is 0.667. The molecule has 0 spiro atoms. The van der Waals surface area contributed by atoms with Gasteiger partial charge in [0, 0.05) is 52.2 Å². The third-order valence-electron chi connectivity index (χ3n) is 5.43. The second-order valence-corrected chi connectivity index (χ2v) is 8.56. The monoisotopic (exact) mass is 559 g/mol. The Bertz CT molecular complexity index is 666. The van der Waals surface area contributed by atoms with Gasteiger partial charge in [0.1, 0.15) is 0 Å². The van der Waals surface area contributed by atoms with Gasteiger partial charge in [0.15, 0.2) is 5.96 Å². The predicted molar refractivity (Wildman–Crippen MR) is 143 cm³/mol. The maximum absolute atomic E-state index is 12.5. The van der Waals surface area contributed by atoms with Crippen LogP contribution >= 0.6 is 24.0 Å². The van der Waals surface area contributed by atoms with E-state index in [9.17, 15) is 4.79 Å². The second-order valence-electron chi connectivity index (χ2n) is 8.56. The molecule has 1 aromatic carbocycles. The van der Waals surface area contributed by atoms with E-state index in [0.717, 1.165) is 57.3 Å². The molecule has 8 heteroatoms. The summed E-state index contributed by atoms with van der Waals surface area (Å²) in [5.74, 6) is 1.53. The van der Waals surface area contributed by atoms with Crippen LogP contribution in [0.2, 0.25) is 0 Å². The van der Waals surface area contributed by atoms with Crippen molar-refractivity contribution in [2.24, 2.45) is 10.9 Å². The Balaban J connectivity index is 0.00000512. The van der Waals surface area contributed by atoms with Crippen LogP contribution in [0.1, 0.15) is 39.2 Å². The average molecular weight is 560 g/mol. The van der Waals surface area contributed by atoms with E-state index in [1.807, 2.05) is 37.4 Å². The van der Waals surface area contributed by atoms with E-state index in [0.29, 0.717) is 31.5 Å². The molecular weight excluding hydrogens is 517 g/mol. The van der Waals surface area contributed by atoms with E-state index in [1.165, 1.54) is 0 Å². The first-order chi connectivity index (χ1) is 15.0. The second kappa shape index (κ2) is 16.3. The zero-order valence-corrected chi connectivity index (χ0v) is 22.5. The minimum Gasteiger partial charge on any atom is -0.379 e. The first-order valence-electron chi connectivity index (χ1n) is 11.6. The van der Waals surface area contributed by atoms with Crippen LogP contribution < -0.4 is 10.6 Å². The minimum atomic E-state index is 0. The van der Waals surface area contributed by atoms with Crippen LogP contribution in [0, 0.1) is 5.92 Å². The molecule has 1 saturated heterocycles. The number of hydrogen-bond donors (Lipinski definition) is 2. The highest BCUT2D eigenvalue weighted by atomic mass is 127. The van der Waals surface area contributed by atoms with Crippen LogP contribution in [0.4, 0.5) is 0 Å². The number of halogens is 1. The molecule has 1 aliphatic rings. The standard InChI is InChI=1S/C24H41N5O2.HI/c1-5-25-24(27-18-22(17-20(2)3)29-13-15-31-16-14-29)26-12-11-23(30)28(4)19-21-9-7-6-8-10-21;/h6-10,20,22H,5,11-19H2,1-4H3,(H2,25,26,27);1H. The van der Waals surface area contributed by atoms with E-state index in [4.69, 9.17) is 9.73 Å². The molecule has 0 aliphatic carbocycles. The molecule has 2 N–H and O–H groups in total. The summed E-state index contributed by atoms with van der Waals surface area (Å²) < 4.78 is 5.51. The summed E-state index contributed by atoms with van der Waals surface area (Å²) in [7, 11) is 1.85. The molecule has 0 bridgehead atoms. The molecule has 1 fully saturated rings. The van der Waals surface area contributed by atoms with Gasteiger partial charge in [-0.3, -0.25) is 14.7 Å². The molecular formula is C24H42IN5O2. The number of benzene rings is 1. The lowest BCUT2D eigenvalue weighted by Crippen LogP contribution is -2.46. The number of guanidine groups is 1. The Kier molecular flexibility index (Phi) is 14.6. The normalized spacial score (nSPS) is 15.7. The zero-order chi connectivity index (χ0) is 22.5. The number of carbonyl (C=O) groups excluding carboxylic acids is 1. The molecule has 0 radical (unpaired) electrons. The summed E-state index contributed by atoms with van der Waals surface area (Å²) in [6.45, 7) is 12.9. The van der Waals surface area contributed by atoms with Gasteiger partial charge < -0.3 is 20.3 Å². The third kappa shape index (κ3) is 11.0. The van der Waals surface area contributed by atoms with E-state index in [2.05, 4.69) is 36.3 Å².